The van der Waals surface area contributed by atoms with Gasteiger partial charge in [0.05, 0.1) is 5.60 Å². The normalized spacial score (nSPS) is 14.0. The average Bonchev–Trinajstić information content (AvgIpc) is 2.16. The minimum Gasteiger partial charge on any atom is -0.385 e. The predicted octanol–water partition coefficient (Wildman–Crippen LogP) is 2.82. The standard InChI is InChI=1S/C14H18O2/c1-11(2)9-13(15)10-14(3,16)12-7-5-4-6-8-12/h4-9,16H,10H2,1-3H3/t14-/m0/s1. The molecular formula is C14H18O2. The molecule has 0 fully saturated rings. The minimum atomic E-state index is -1.09. The molecule has 0 heterocycles. The van der Waals surface area contributed by atoms with E-state index < -0.39 is 5.60 Å². The summed E-state index contributed by atoms with van der Waals surface area (Å²) in [7, 11) is 0. The van der Waals surface area contributed by atoms with Crippen molar-refractivity contribution in [1.29, 1.82) is 0 Å². The summed E-state index contributed by atoms with van der Waals surface area (Å²) in [6, 6.07) is 9.26. The highest BCUT2D eigenvalue weighted by Gasteiger charge is 2.25. The van der Waals surface area contributed by atoms with Crippen molar-refractivity contribution in [2.75, 3.05) is 0 Å². The Kier molecular flexibility index (Phi) is 4.02. The van der Waals surface area contributed by atoms with Crippen molar-refractivity contribution in [3.8, 4) is 0 Å². The van der Waals surface area contributed by atoms with Gasteiger partial charge in [0, 0.05) is 6.42 Å². The van der Waals surface area contributed by atoms with Gasteiger partial charge in [0.25, 0.3) is 0 Å². The average molecular weight is 218 g/mol. The number of rotatable bonds is 4. The van der Waals surface area contributed by atoms with Crippen LogP contribution >= 0.6 is 0 Å². The summed E-state index contributed by atoms with van der Waals surface area (Å²) in [4.78, 5) is 11.6. The fraction of sp³-hybridized carbons (Fsp3) is 0.357. The molecule has 0 bridgehead atoms. The largest absolute Gasteiger partial charge is 0.385 e. The molecule has 1 aromatic carbocycles. The third-order valence-corrected chi connectivity index (χ3v) is 2.36. The molecule has 1 N–H and O–H groups in total. The molecule has 0 spiro atoms. The third-order valence-electron chi connectivity index (χ3n) is 2.36. The quantitative estimate of drug-likeness (QED) is 0.789. The Morgan fingerprint density at radius 2 is 1.88 bits per heavy atom. The van der Waals surface area contributed by atoms with Gasteiger partial charge in [0.1, 0.15) is 0 Å². The first-order valence-corrected chi connectivity index (χ1v) is 5.37. The first-order chi connectivity index (χ1) is 7.42. The Morgan fingerprint density at radius 1 is 1.31 bits per heavy atom. The summed E-state index contributed by atoms with van der Waals surface area (Å²) in [5.74, 6) is -0.0474. The van der Waals surface area contributed by atoms with Crippen LogP contribution in [0.25, 0.3) is 0 Å². The number of carbonyl (C=O) groups excluding carboxylic acids is 1. The van der Waals surface area contributed by atoms with Crippen LogP contribution in [0.5, 0.6) is 0 Å². The molecule has 0 saturated heterocycles. The zero-order valence-electron chi connectivity index (χ0n) is 10.0. The smallest absolute Gasteiger partial charge is 0.158 e. The number of carbonyl (C=O) groups is 1. The lowest BCUT2D eigenvalue weighted by Crippen LogP contribution is -2.24. The molecule has 0 aromatic heterocycles. The summed E-state index contributed by atoms with van der Waals surface area (Å²) >= 11 is 0. The minimum absolute atomic E-state index is 0.0474. The second-order valence-corrected chi connectivity index (χ2v) is 4.50. The lowest BCUT2D eigenvalue weighted by molar-refractivity contribution is -0.119. The van der Waals surface area contributed by atoms with Crippen molar-refractivity contribution >= 4 is 5.78 Å². The molecule has 0 amide bonds. The van der Waals surface area contributed by atoms with Crippen LogP contribution in [0.1, 0.15) is 32.8 Å². The molecule has 0 aliphatic rings. The maximum absolute atomic E-state index is 11.6. The van der Waals surface area contributed by atoms with E-state index in [9.17, 15) is 9.90 Å². The summed E-state index contributed by atoms with van der Waals surface area (Å²) in [5, 5.41) is 10.2. The zero-order valence-corrected chi connectivity index (χ0v) is 10.0. The van der Waals surface area contributed by atoms with Crippen molar-refractivity contribution in [2.45, 2.75) is 32.8 Å². The van der Waals surface area contributed by atoms with Crippen molar-refractivity contribution in [2.24, 2.45) is 0 Å². The Morgan fingerprint density at radius 3 is 2.38 bits per heavy atom. The van der Waals surface area contributed by atoms with Gasteiger partial charge in [-0.05, 0) is 32.4 Å². The Labute approximate surface area is 96.6 Å². The lowest BCUT2D eigenvalue weighted by Gasteiger charge is -2.22. The third kappa shape index (κ3) is 3.63. The highest BCUT2D eigenvalue weighted by molar-refractivity contribution is 5.91. The molecule has 16 heavy (non-hydrogen) atoms. The highest BCUT2D eigenvalue weighted by Crippen LogP contribution is 2.24. The van der Waals surface area contributed by atoms with E-state index in [1.807, 2.05) is 44.2 Å². The van der Waals surface area contributed by atoms with Gasteiger partial charge in [0.15, 0.2) is 5.78 Å². The van der Waals surface area contributed by atoms with Gasteiger partial charge in [-0.2, -0.15) is 0 Å². The van der Waals surface area contributed by atoms with Crippen LogP contribution < -0.4 is 0 Å². The summed E-state index contributed by atoms with van der Waals surface area (Å²) in [6.45, 7) is 5.41. The van der Waals surface area contributed by atoms with E-state index in [-0.39, 0.29) is 12.2 Å². The Hall–Kier alpha value is -1.41. The molecule has 1 rings (SSSR count). The highest BCUT2D eigenvalue weighted by atomic mass is 16.3. The number of allylic oxidation sites excluding steroid dienone is 2. The van der Waals surface area contributed by atoms with Gasteiger partial charge < -0.3 is 5.11 Å². The fourth-order valence-corrected chi connectivity index (χ4v) is 1.61. The Balaban J connectivity index is 2.80. The first kappa shape index (κ1) is 12.7. The summed E-state index contributed by atoms with van der Waals surface area (Å²) < 4.78 is 0. The van der Waals surface area contributed by atoms with Crippen LogP contribution in [0.2, 0.25) is 0 Å². The Bertz CT molecular complexity index is 384. The van der Waals surface area contributed by atoms with E-state index in [1.54, 1.807) is 13.0 Å². The van der Waals surface area contributed by atoms with E-state index in [0.717, 1.165) is 11.1 Å². The number of benzene rings is 1. The second-order valence-electron chi connectivity index (χ2n) is 4.50. The number of hydrogen-bond donors (Lipinski definition) is 1. The van der Waals surface area contributed by atoms with Crippen LogP contribution in [0, 0.1) is 0 Å². The molecule has 0 unspecified atom stereocenters. The SMILES string of the molecule is CC(C)=CC(=O)C[C@](C)(O)c1ccccc1. The molecule has 1 atom stereocenters. The van der Waals surface area contributed by atoms with Crippen LogP contribution in [0.4, 0.5) is 0 Å². The van der Waals surface area contributed by atoms with E-state index >= 15 is 0 Å². The molecule has 0 radical (unpaired) electrons. The van der Waals surface area contributed by atoms with Crippen LogP contribution in [-0.4, -0.2) is 10.9 Å². The summed E-state index contributed by atoms with van der Waals surface area (Å²) in [6.07, 6.45) is 1.68. The van der Waals surface area contributed by atoms with Crippen LogP contribution in [0.3, 0.4) is 0 Å². The maximum Gasteiger partial charge on any atom is 0.158 e. The monoisotopic (exact) mass is 218 g/mol. The van der Waals surface area contributed by atoms with E-state index in [4.69, 9.17) is 0 Å². The molecule has 1 aromatic rings. The van der Waals surface area contributed by atoms with E-state index in [0.29, 0.717) is 0 Å². The van der Waals surface area contributed by atoms with Gasteiger partial charge in [-0.15, -0.1) is 0 Å². The van der Waals surface area contributed by atoms with Crippen molar-refractivity contribution in [3.05, 3.63) is 47.5 Å². The number of hydrogen-bond acceptors (Lipinski definition) is 2. The molecule has 0 aliphatic carbocycles. The molecule has 0 aliphatic heterocycles. The maximum atomic E-state index is 11.6. The molecule has 2 heteroatoms. The predicted molar refractivity (Wildman–Crippen MR) is 65.1 cm³/mol. The molecular weight excluding hydrogens is 200 g/mol. The number of aliphatic hydroxyl groups is 1. The van der Waals surface area contributed by atoms with Crippen molar-refractivity contribution in [1.82, 2.24) is 0 Å². The van der Waals surface area contributed by atoms with Gasteiger partial charge in [0.2, 0.25) is 0 Å². The van der Waals surface area contributed by atoms with Crippen molar-refractivity contribution < 1.29 is 9.90 Å². The van der Waals surface area contributed by atoms with Gasteiger partial charge >= 0.3 is 0 Å². The second kappa shape index (κ2) is 5.08. The topological polar surface area (TPSA) is 37.3 Å². The number of ketones is 1. The zero-order chi connectivity index (χ0) is 12.2. The molecule has 86 valence electrons. The molecule has 2 nitrogen and oxygen atoms in total. The summed E-state index contributed by atoms with van der Waals surface area (Å²) in [5.41, 5.74) is 0.629. The molecule has 0 saturated carbocycles. The first-order valence-electron chi connectivity index (χ1n) is 5.37. The van der Waals surface area contributed by atoms with E-state index in [2.05, 4.69) is 0 Å². The van der Waals surface area contributed by atoms with E-state index in [1.165, 1.54) is 0 Å². The van der Waals surface area contributed by atoms with Gasteiger partial charge in [-0.25, -0.2) is 0 Å². The van der Waals surface area contributed by atoms with Crippen LogP contribution in [-0.2, 0) is 10.4 Å². The fourth-order valence-electron chi connectivity index (χ4n) is 1.61. The van der Waals surface area contributed by atoms with Crippen LogP contribution in [0.15, 0.2) is 42.0 Å². The van der Waals surface area contributed by atoms with Crippen molar-refractivity contribution in [3.63, 3.8) is 0 Å². The lowest BCUT2D eigenvalue weighted by atomic mass is 9.90. The van der Waals surface area contributed by atoms with Gasteiger partial charge in [-0.1, -0.05) is 35.9 Å². The van der Waals surface area contributed by atoms with Gasteiger partial charge in [-0.3, -0.25) is 4.79 Å².